The van der Waals surface area contributed by atoms with Gasteiger partial charge < -0.3 is 10.8 Å². The molecule has 0 aliphatic heterocycles. The molecule has 0 heterocycles. The minimum atomic E-state index is -0.824. The number of aryl methyl sites for hydroxylation is 1. The molecule has 1 unspecified atom stereocenters. The molecule has 18 heavy (non-hydrogen) atoms. The van der Waals surface area contributed by atoms with Crippen molar-refractivity contribution in [2.24, 2.45) is 11.1 Å². The molecular weight excluding hydrogens is 222 g/mol. The van der Waals surface area contributed by atoms with E-state index in [9.17, 15) is 5.11 Å². The second-order valence-corrected chi connectivity index (χ2v) is 5.98. The van der Waals surface area contributed by atoms with Crippen LogP contribution in [0.15, 0.2) is 24.3 Å². The van der Waals surface area contributed by atoms with Crippen molar-refractivity contribution >= 4 is 0 Å². The Morgan fingerprint density at radius 2 is 1.72 bits per heavy atom. The molecule has 1 atom stereocenters. The van der Waals surface area contributed by atoms with Gasteiger partial charge in [0.15, 0.2) is 0 Å². The van der Waals surface area contributed by atoms with Crippen molar-refractivity contribution < 1.29 is 5.11 Å². The van der Waals surface area contributed by atoms with Crippen molar-refractivity contribution in [2.45, 2.75) is 51.6 Å². The summed E-state index contributed by atoms with van der Waals surface area (Å²) in [6, 6.07) is 8.22. The van der Waals surface area contributed by atoms with Gasteiger partial charge in [0, 0.05) is 12.0 Å². The Hall–Kier alpha value is -0.860. The standard InChI is InChI=1S/C16H25NO/c1-13-6-8-14(9-7-13)15(2,18)16(12-17)10-4-3-5-11-16/h6-9,18H,3-5,10-12,17H2,1-2H3. The predicted octanol–water partition coefficient (Wildman–Crippen LogP) is 3.11. The van der Waals surface area contributed by atoms with Gasteiger partial charge in [-0.25, -0.2) is 0 Å². The lowest BCUT2D eigenvalue weighted by molar-refractivity contribution is -0.0918. The van der Waals surface area contributed by atoms with Crippen molar-refractivity contribution in [1.82, 2.24) is 0 Å². The van der Waals surface area contributed by atoms with Gasteiger partial charge in [0.1, 0.15) is 0 Å². The van der Waals surface area contributed by atoms with Crippen LogP contribution in [0, 0.1) is 12.3 Å². The summed E-state index contributed by atoms with van der Waals surface area (Å²) in [5.74, 6) is 0. The van der Waals surface area contributed by atoms with Gasteiger partial charge in [-0.1, -0.05) is 49.1 Å². The molecule has 1 aliphatic carbocycles. The van der Waals surface area contributed by atoms with Crippen LogP contribution in [0.3, 0.4) is 0 Å². The predicted molar refractivity (Wildman–Crippen MR) is 75.3 cm³/mol. The molecule has 0 amide bonds. The molecule has 0 saturated heterocycles. The SMILES string of the molecule is Cc1ccc(C(C)(O)C2(CN)CCCCC2)cc1. The zero-order valence-electron chi connectivity index (χ0n) is 11.6. The number of rotatable bonds is 3. The summed E-state index contributed by atoms with van der Waals surface area (Å²) >= 11 is 0. The van der Waals surface area contributed by atoms with E-state index in [0.717, 1.165) is 18.4 Å². The van der Waals surface area contributed by atoms with Crippen LogP contribution in [0.4, 0.5) is 0 Å². The van der Waals surface area contributed by atoms with E-state index in [1.165, 1.54) is 24.8 Å². The summed E-state index contributed by atoms with van der Waals surface area (Å²) < 4.78 is 0. The molecule has 1 aliphatic rings. The quantitative estimate of drug-likeness (QED) is 0.862. The fourth-order valence-electron chi connectivity index (χ4n) is 3.30. The van der Waals surface area contributed by atoms with Crippen LogP contribution in [-0.2, 0) is 5.60 Å². The third-order valence-electron chi connectivity index (χ3n) is 4.85. The van der Waals surface area contributed by atoms with E-state index in [1.54, 1.807) is 0 Å². The molecule has 0 spiro atoms. The van der Waals surface area contributed by atoms with E-state index in [2.05, 4.69) is 19.1 Å². The second-order valence-electron chi connectivity index (χ2n) is 5.98. The first-order valence-electron chi connectivity index (χ1n) is 7.01. The Morgan fingerprint density at radius 3 is 2.22 bits per heavy atom. The van der Waals surface area contributed by atoms with Crippen LogP contribution in [0.2, 0.25) is 0 Å². The lowest BCUT2D eigenvalue weighted by atomic mass is 9.61. The zero-order valence-corrected chi connectivity index (χ0v) is 11.6. The van der Waals surface area contributed by atoms with Crippen molar-refractivity contribution in [3.63, 3.8) is 0 Å². The maximum atomic E-state index is 11.1. The minimum Gasteiger partial charge on any atom is -0.385 e. The minimum absolute atomic E-state index is 0.152. The molecule has 0 radical (unpaired) electrons. The van der Waals surface area contributed by atoms with E-state index >= 15 is 0 Å². The van der Waals surface area contributed by atoms with Crippen LogP contribution in [0.1, 0.15) is 50.2 Å². The lowest BCUT2D eigenvalue weighted by Crippen LogP contribution is -2.49. The maximum absolute atomic E-state index is 11.1. The zero-order chi connectivity index (χ0) is 13.2. The van der Waals surface area contributed by atoms with Gasteiger partial charge in [0.05, 0.1) is 5.60 Å². The summed E-state index contributed by atoms with van der Waals surface area (Å²) in [4.78, 5) is 0. The normalized spacial score (nSPS) is 22.4. The number of aliphatic hydroxyl groups is 1. The average molecular weight is 247 g/mol. The third kappa shape index (κ3) is 2.19. The van der Waals surface area contributed by atoms with Crippen molar-refractivity contribution in [3.05, 3.63) is 35.4 Å². The smallest absolute Gasteiger partial charge is 0.0936 e. The maximum Gasteiger partial charge on any atom is 0.0936 e. The summed E-state index contributed by atoms with van der Waals surface area (Å²) in [5.41, 5.74) is 7.28. The molecule has 3 N–H and O–H groups in total. The molecule has 1 aromatic rings. The van der Waals surface area contributed by atoms with Gasteiger partial charge in [-0.2, -0.15) is 0 Å². The highest BCUT2D eigenvalue weighted by Gasteiger charge is 2.47. The van der Waals surface area contributed by atoms with E-state index in [1.807, 2.05) is 19.1 Å². The van der Waals surface area contributed by atoms with Crippen LogP contribution in [0.5, 0.6) is 0 Å². The molecule has 2 heteroatoms. The molecular formula is C16H25NO. The first-order valence-corrected chi connectivity index (χ1v) is 7.01. The third-order valence-corrected chi connectivity index (χ3v) is 4.85. The Kier molecular flexibility index (Phi) is 3.79. The molecule has 1 aromatic carbocycles. The summed E-state index contributed by atoms with van der Waals surface area (Å²) in [7, 11) is 0. The van der Waals surface area contributed by atoms with Gasteiger partial charge in [0.2, 0.25) is 0 Å². The fraction of sp³-hybridized carbons (Fsp3) is 0.625. The topological polar surface area (TPSA) is 46.2 Å². The van der Waals surface area contributed by atoms with Crippen LogP contribution < -0.4 is 5.73 Å². The molecule has 1 fully saturated rings. The second kappa shape index (κ2) is 5.02. The molecule has 2 nitrogen and oxygen atoms in total. The van der Waals surface area contributed by atoms with E-state index < -0.39 is 5.60 Å². The van der Waals surface area contributed by atoms with Crippen LogP contribution >= 0.6 is 0 Å². The monoisotopic (exact) mass is 247 g/mol. The van der Waals surface area contributed by atoms with Crippen LogP contribution in [0.25, 0.3) is 0 Å². The number of hydrogen-bond donors (Lipinski definition) is 2. The summed E-state index contributed by atoms with van der Waals surface area (Å²) in [6.45, 7) is 4.57. The van der Waals surface area contributed by atoms with Crippen molar-refractivity contribution in [1.29, 1.82) is 0 Å². The molecule has 0 aromatic heterocycles. The van der Waals surface area contributed by atoms with Crippen LogP contribution in [-0.4, -0.2) is 11.7 Å². The molecule has 100 valence electrons. The highest BCUT2D eigenvalue weighted by atomic mass is 16.3. The van der Waals surface area contributed by atoms with Gasteiger partial charge >= 0.3 is 0 Å². The number of benzene rings is 1. The van der Waals surface area contributed by atoms with Gasteiger partial charge in [-0.15, -0.1) is 0 Å². The largest absolute Gasteiger partial charge is 0.385 e. The summed E-state index contributed by atoms with van der Waals surface area (Å²) in [5, 5.41) is 11.1. The Balaban J connectivity index is 2.35. The molecule has 2 rings (SSSR count). The van der Waals surface area contributed by atoms with Crippen molar-refractivity contribution in [2.75, 3.05) is 6.54 Å². The highest BCUT2D eigenvalue weighted by molar-refractivity contribution is 5.28. The first kappa shape index (κ1) is 13.6. The van der Waals surface area contributed by atoms with E-state index in [-0.39, 0.29) is 5.41 Å². The fourth-order valence-corrected chi connectivity index (χ4v) is 3.30. The molecule has 0 bridgehead atoms. The van der Waals surface area contributed by atoms with Crippen molar-refractivity contribution in [3.8, 4) is 0 Å². The van der Waals surface area contributed by atoms with Gasteiger partial charge in [-0.05, 0) is 32.3 Å². The Morgan fingerprint density at radius 1 is 1.17 bits per heavy atom. The average Bonchev–Trinajstić information content (AvgIpc) is 2.40. The lowest BCUT2D eigenvalue weighted by Gasteiger charge is -2.47. The van der Waals surface area contributed by atoms with E-state index in [0.29, 0.717) is 6.54 Å². The number of hydrogen-bond acceptors (Lipinski definition) is 2. The van der Waals surface area contributed by atoms with Gasteiger partial charge in [0.25, 0.3) is 0 Å². The summed E-state index contributed by atoms with van der Waals surface area (Å²) in [6.07, 6.45) is 5.69. The highest BCUT2D eigenvalue weighted by Crippen LogP contribution is 2.49. The van der Waals surface area contributed by atoms with E-state index in [4.69, 9.17) is 5.73 Å². The number of nitrogens with two attached hydrogens (primary N) is 1. The Bertz CT molecular complexity index is 388. The van der Waals surface area contributed by atoms with Gasteiger partial charge in [-0.3, -0.25) is 0 Å². The Labute approximate surface area is 110 Å². The first-order chi connectivity index (χ1) is 8.52. The molecule has 1 saturated carbocycles.